The summed E-state index contributed by atoms with van der Waals surface area (Å²) in [7, 11) is 0. The Morgan fingerprint density at radius 1 is 1.08 bits per heavy atom. The molecule has 2 N–H and O–H groups in total. The lowest BCUT2D eigenvalue weighted by molar-refractivity contribution is 0.127. The van der Waals surface area contributed by atoms with Crippen molar-refractivity contribution in [3.63, 3.8) is 0 Å². The molecule has 2 fully saturated rings. The van der Waals surface area contributed by atoms with E-state index in [2.05, 4.69) is 53.2 Å². The third-order valence-corrected chi connectivity index (χ3v) is 5.93. The van der Waals surface area contributed by atoms with Crippen LogP contribution >= 0.6 is 0 Å². The molecule has 0 bridgehead atoms. The molecule has 0 saturated carbocycles. The predicted octanol–water partition coefficient (Wildman–Crippen LogP) is 3.18. The van der Waals surface area contributed by atoms with E-state index in [0.29, 0.717) is 24.6 Å². The number of hydrogen-bond acceptors (Lipinski definition) is 4. The topological polar surface area (TPSA) is 38.7 Å². The fraction of sp³-hybridized carbons (Fsp3) is 0.714. The van der Waals surface area contributed by atoms with E-state index < -0.39 is 0 Å². The number of nitrogens with one attached hydrogen (secondary N) is 1. The molecular weight excluding hydrogens is 310 g/mol. The van der Waals surface area contributed by atoms with E-state index in [4.69, 9.17) is 0 Å². The normalized spacial score (nSPS) is 21.8. The third-order valence-electron chi connectivity index (χ3n) is 5.93. The first-order valence-corrected chi connectivity index (χ1v) is 10.1. The number of hydrogen-bond donors (Lipinski definition) is 2. The smallest absolute Gasteiger partial charge is 0.0460 e. The molecule has 0 aromatic heterocycles. The van der Waals surface area contributed by atoms with E-state index in [1.54, 1.807) is 0 Å². The van der Waals surface area contributed by atoms with Crippen LogP contribution in [0.2, 0.25) is 0 Å². The number of piperidine rings is 2. The molecule has 1 aromatic carbocycles. The summed E-state index contributed by atoms with van der Waals surface area (Å²) in [5.74, 6) is 0.515. The van der Waals surface area contributed by atoms with Crippen molar-refractivity contribution >= 4 is 5.69 Å². The Balaban J connectivity index is 1.49. The van der Waals surface area contributed by atoms with Crippen LogP contribution in [0, 0.1) is 5.92 Å². The number of nitrogens with zero attached hydrogens (tertiary/aromatic N) is 2. The standard InChI is InChI=1S/C21H35N3O/c1-17(2)24-12-8-20(9-13-24)22-21-5-3-4-19(14-21)15-23-10-6-18(16-25)7-11-23/h3-5,14,17-18,20,22,25H,6-13,15-16H2,1-2H3. The second-order valence-corrected chi connectivity index (χ2v) is 8.15. The van der Waals surface area contributed by atoms with Gasteiger partial charge in [0.15, 0.2) is 0 Å². The SMILES string of the molecule is CC(C)N1CCC(Nc2cccc(CN3CCC(CO)CC3)c2)CC1. The molecule has 4 nitrogen and oxygen atoms in total. The lowest BCUT2D eigenvalue weighted by Crippen LogP contribution is -2.42. The minimum absolute atomic E-state index is 0.350. The van der Waals surface area contributed by atoms with Crippen molar-refractivity contribution in [2.24, 2.45) is 5.92 Å². The van der Waals surface area contributed by atoms with Crippen molar-refractivity contribution in [2.75, 3.05) is 38.1 Å². The summed E-state index contributed by atoms with van der Waals surface area (Å²) in [4.78, 5) is 5.09. The molecule has 2 saturated heterocycles. The minimum Gasteiger partial charge on any atom is -0.396 e. The van der Waals surface area contributed by atoms with Crippen LogP contribution in [0.5, 0.6) is 0 Å². The molecule has 25 heavy (non-hydrogen) atoms. The van der Waals surface area contributed by atoms with Gasteiger partial charge in [-0.15, -0.1) is 0 Å². The summed E-state index contributed by atoms with van der Waals surface area (Å²) < 4.78 is 0. The fourth-order valence-electron chi connectivity index (χ4n) is 4.14. The van der Waals surface area contributed by atoms with Crippen LogP contribution in [0.25, 0.3) is 0 Å². The number of aliphatic hydroxyl groups is 1. The Hall–Kier alpha value is -1.10. The Labute approximate surface area is 153 Å². The van der Waals surface area contributed by atoms with Gasteiger partial charge in [0.05, 0.1) is 0 Å². The lowest BCUT2D eigenvalue weighted by atomic mass is 9.97. The van der Waals surface area contributed by atoms with Crippen molar-refractivity contribution in [3.05, 3.63) is 29.8 Å². The Morgan fingerprint density at radius 3 is 2.44 bits per heavy atom. The summed E-state index contributed by atoms with van der Waals surface area (Å²) in [6.45, 7) is 10.6. The van der Waals surface area contributed by atoms with E-state index in [0.717, 1.165) is 32.5 Å². The highest BCUT2D eigenvalue weighted by Gasteiger charge is 2.21. The highest BCUT2D eigenvalue weighted by molar-refractivity contribution is 5.46. The number of benzene rings is 1. The Morgan fingerprint density at radius 2 is 1.80 bits per heavy atom. The molecular formula is C21H35N3O. The molecule has 0 atom stereocenters. The summed E-state index contributed by atoms with van der Waals surface area (Å²) in [5.41, 5.74) is 2.66. The predicted molar refractivity (Wildman–Crippen MR) is 105 cm³/mol. The van der Waals surface area contributed by atoms with Gasteiger partial charge < -0.3 is 15.3 Å². The molecule has 2 heterocycles. The zero-order chi connectivity index (χ0) is 17.6. The van der Waals surface area contributed by atoms with E-state index >= 15 is 0 Å². The first-order valence-electron chi connectivity index (χ1n) is 10.1. The van der Waals surface area contributed by atoms with Gasteiger partial charge in [-0.1, -0.05) is 12.1 Å². The first kappa shape index (κ1) is 18.7. The number of aliphatic hydroxyl groups excluding tert-OH is 1. The summed E-state index contributed by atoms with van der Waals surface area (Å²) in [6, 6.07) is 10.2. The van der Waals surface area contributed by atoms with Crippen molar-refractivity contribution in [1.29, 1.82) is 0 Å². The molecule has 4 heteroatoms. The van der Waals surface area contributed by atoms with Crippen LogP contribution < -0.4 is 5.32 Å². The van der Waals surface area contributed by atoms with E-state index in [1.165, 1.54) is 37.2 Å². The monoisotopic (exact) mass is 345 g/mol. The van der Waals surface area contributed by atoms with E-state index in [-0.39, 0.29) is 0 Å². The highest BCUT2D eigenvalue weighted by atomic mass is 16.3. The zero-order valence-corrected chi connectivity index (χ0v) is 16.0. The van der Waals surface area contributed by atoms with Crippen LogP contribution in [0.3, 0.4) is 0 Å². The average Bonchev–Trinajstić information content (AvgIpc) is 2.63. The number of anilines is 1. The second-order valence-electron chi connectivity index (χ2n) is 8.15. The summed E-state index contributed by atoms with van der Waals surface area (Å²) >= 11 is 0. The molecule has 0 spiro atoms. The first-order chi connectivity index (χ1) is 12.1. The van der Waals surface area contributed by atoms with Crippen LogP contribution in [0.1, 0.15) is 45.1 Å². The largest absolute Gasteiger partial charge is 0.396 e. The number of rotatable bonds is 6. The van der Waals surface area contributed by atoms with Crippen LogP contribution in [-0.2, 0) is 6.54 Å². The van der Waals surface area contributed by atoms with Gasteiger partial charge >= 0.3 is 0 Å². The maximum Gasteiger partial charge on any atom is 0.0460 e. The molecule has 0 aliphatic carbocycles. The van der Waals surface area contributed by atoms with Gasteiger partial charge in [0.25, 0.3) is 0 Å². The van der Waals surface area contributed by atoms with Crippen molar-refractivity contribution < 1.29 is 5.11 Å². The average molecular weight is 346 g/mol. The molecule has 2 aliphatic rings. The van der Waals surface area contributed by atoms with Crippen molar-refractivity contribution in [2.45, 2.75) is 58.2 Å². The minimum atomic E-state index is 0.350. The van der Waals surface area contributed by atoms with E-state index in [9.17, 15) is 5.11 Å². The van der Waals surface area contributed by atoms with Gasteiger partial charge in [-0.3, -0.25) is 4.90 Å². The maximum absolute atomic E-state index is 9.28. The van der Waals surface area contributed by atoms with Gasteiger partial charge in [-0.05, 0) is 76.2 Å². The Bertz CT molecular complexity index is 518. The van der Waals surface area contributed by atoms with Gasteiger partial charge in [0, 0.05) is 44.0 Å². The van der Waals surface area contributed by atoms with Crippen molar-refractivity contribution in [1.82, 2.24) is 9.80 Å². The molecule has 3 rings (SSSR count). The third kappa shape index (κ3) is 5.44. The van der Waals surface area contributed by atoms with Gasteiger partial charge in [0.1, 0.15) is 0 Å². The quantitative estimate of drug-likeness (QED) is 0.831. The summed E-state index contributed by atoms with van der Waals surface area (Å²) in [6.07, 6.45) is 4.72. The molecule has 140 valence electrons. The van der Waals surface area contributed by atoms with Gasteiger partial charge in [0.2, 0.25) is 0 Å². The lowest BCUT2D eigenvalue weighted by Gasteiger charge is -2.35. The second kappa shape index (κ2) is 9.02. The molecule has 0 unspecified atom stereocenters. The Kier molecular flexibility index (Phi) is 6.74. The van der Waals surface area contributed by atoms with Crippen molar-refractivity contribution in [3.8, 4) is 0 Å². The van der Waals surface area contributed by atoms with Gasteiger partial charge in [-0.25, -0.2) is 0 Å². The highest BCUT2D eigenvalue weighted by Crippen LogP contribution is 2.22. The maximum atomic E-state index is 9.28. The number of likely N-dealkylation sites (tertiary alicyclic amines) is 2. The van der Waals surface area contributed by atoms with Crippen LogP contribution in [0.4, 0.5) is 5.69 Å². The summed E-state index contributed by atoms with van der Waals surface area (Å²) in [5, 5.41) is 13.0. The van der Waals surface area contributed by atoms with Crippen LogP contribution in [0.15, 0.2) is 24.3 Å². The molecule has 0 radical (unpaired) electrons. The van der Waals surface area contributed by atoms with Gasteiger partial charge in [-0.2, -0.15) is 0 Å². The molecule has 1 aromatic rings. The molecule has 0 amide bonds. The molecule has 2 aliphatic heterocycles. The fourth-order valence-corrected chi connectivity index (χ4v) is 4.14. The van der Waals surface area contributed by atoms with Crippen LogP contribution in [-0.4, -0.2) is 59.8 Å². The zero-order valence-electron chi connectivity index (χ0n) is 16.0. The van der Waals surface area contributed by atoms with E-state index in [1.807, 2.05) is 0 Å².